The fraction of sp³-hybridized carbons (Fsp3) is 0.625. The first-order valence-corrected chi connectivity index (χ1v) is 7.04. The third-order valence-electron chi connectivity index (χ3n) is 4.69. The Morgan fingerprint density at radius 2 is 2.00 bits per heavy atom. The minimum Gasteiger partial charge on any atom is -0.487 e. The monoisotopic (exact) mass is 245 g/mol. The van der Waals surface area contributed by atoms with Gasteiger partial charge in [-0.3, -0.25) is 0 Å². The second-order valence-corrected chi connectivity index (χ2v) is 6.55. The van der Waals surface area contributed by atoms with E-state index in [9.17, 15) is 0 Å². The summed E-state index contributed by atoms with van der Waals surface area (Å²) in [5.74, 6) is 2.58. The number of hydrogen-bond acceptors (Lipinski definition) is 2. The molecule has 0 amide bonds. The zero-order chi connectivity index (χ0) is 12.9. The SMILES string of the molecule is Cc1ccc2c(c1)C(N)CC1(CC(C(C)C)C1)O2. The average molecular weight is 245 g/mol. The highest BCUT2D eigenvalue weighted by atomic mass is 16.5. The third-order valence-corrected chi connectivity index (χ3v) is 4.69. The van der Waals surface area contributed by atoms with Crippen molar-refractivity contribution in [1.82, 2.24) is 0 Å². The fourth-order valence-electron chi connectivity index (χ4n) is 3.45. The molecule has 2 N–H and O–H groups in total. The van der Waals surface area contributed by atoms with Crippen molar-refractivity contribution in [2.24, 2.45) is 17.6 Å². The quantitative estimate of drug-likeness (QED) is 0.820. The van der Waals surface area contributed by atoms with Crippen molar-refractivity contribution >= 4 is 0 Å². The van der Waals surface area contributed by atoms with Crippen LogP contribution in [0.25, 0.3) is 0 Å². The molecule has 2 heteroatoms. The molecule has 0 saturated heterocycles. The summed E-state index contributed by atoms with van der Waals surface area (Å²) in [4.78, 5) is 0. The molecular weight excluding hydrogens is 222 g/mol. The summed E-state index contributed by atoms with van der Waals surface area (Å²) < 4.78 is 6.28. The Hall–Kier alpha value is -1.02. The molecule has 1 fully saturated rings. The van der Waals surface area contributed by atoms with Crippen LogP contribution in [-0.4, -0.2) is 5.60 Å². The van der Waals surface area contributed by atoms with Crippen LogP contribution >= 0.6 is 0 Å². The van der Waals surface area contributed by atoms with Crippen molar-refractivity contribution in [2.75, 3.05) is 0 Å². The lowest BCUT2D eigenvalue weighted by Crippen LogP contribution is -2.53. The molecule has 1 saturated carbocycles. The van der Waals surface area contributed by atoms with E-state index in [1.807, 2.05) is 0 Å². The number of fused-ring (bicyclic) bond motifs is 1. The Labute approximate surface area is 110 Å². The summed E-state index contributed by atoms with van der Waals surface area (Å²) in [6, 6.07) is 6.52. The van der Waals surface area contributed by atoms with Crippen molar-refractivity contribution in [2.45, 2.75) is 51.7 Å². The maximum Gasteiger partial charge on any atom is 0.124 e. The summed E-state index contributed by atoms with van der Waals surface area (Å²) in [5, 5.41) is 0. The molecule has 3 rings (SSSR count). The molecule has 1 aromatic carbocycles. The van der Waals surface area contributed by atoms with E-state index in [1.165, 1.54) is 24.0 Å². The topological polar surface area (TPSA) is 35.2 Å². The molecule has 1 spiro atoms. The van der Waals surface area contributed by atoms with Gasteiger partial charge in [-0.25, -0.2) is 0 Å². The second kappa shape index (κ2) is 3.99. The normalized spacial score (nSPS) is 34.1. The van der Waals surface area contributed by atoms with Gasteiger partial charge in [0.1, 0.15) is 11.4 Å². The maximum absolute atomic E-state index is 6.34. The van der Waals surface area contributed by atoms with Crippen molar-refractivity contribution in [3.05, 3.63) is 29.3 Å². The van der Waals surface area contributed by atoms with E-state index in [2.05, 4.69) is 39.0 Å². The molecule has 2 aliphatic rings. The molecule has 0 aromatic heterocycles. The van der Waals surface area contributed by atoms with Gasteiger partial charge in [-0.15, -0.1) is 0 Å². The van der Waals surface area contributed by atoms with Crippen molar-refractivity contribution in [3.8, 4) is 5.75 Å². The second-order valence-electron chi connectivity index (χ2n) is 6.55. The zero-order valence-corrected chi connectivity index (χ0v) is 11.6. The summed E-state index contributed by atoms with van der Waals surface area (Å²) in [6.07, 6.45) is 3.32. The molecular formula is C16H23NO. The Morgan fingerprint density at radius 3 is 2.67 bits per heavy atom. The minimum atomic E-state index is 0.0383. The lowest BCUT2D eigenvalue weighted by Gasteiger charge is -2.52. The van der Waals surface area contributed by atoms with E-state index in [0.717, 1.165) is 24.0 Å². The average Bonchev–Trinajstić information content (AvgIpc) is 2.26. The first kappa shape index (κ1) is 12.0. The van der Waals surface area contributed by atoms with Gasteiger partial charge in [-0.1, -0.05) is 31.5 Å². The highest BCUT2D eigenvalue weighted by molar-refractivity contribution is 5.42. The number of hydrogen-bond donors (Lipinski definition) is 1. The zero-order valence-electron chi connectivity index (χ0n) is 11.6. The van der Waals surface area contributed by atoms with Crippen LogP contribution < -0.4 is 10.5 Å². The Bertz CT molecular complexity index is 460. The lowest BCUT2D eigenvalue weighted by atomic mass is 9.62. The summed E-state index contributed by atoms with van der Waals surface area (Å²) >= 11 is 0. The highest BCUT2D eigenvalue weighted by Crippen LogP contribution is 2.52. The van der Waals surface area contributed by atoms with E-state index in [1.54, 1.807) is 0 Å². The fourth-order valence-corrected chi connectivity index (χ4v) is 3.45. The van der Waals surface area contributed by atoms with Crippen LogP contribution in [-0.2, 0) is 0 Å². The van der Waals surface area contributed by atoms with Crippen LogP contribution in [0.5, 0.6) is 5.75 Å². The van der Waals surface area contributed by atoms with E-state index in [4.69, 9.17) is 10.5 Å². The van der Waals surface area contributed by atoms with Gasteiger partial charge in [-0.2, -0.15) is 0 Å². The molecule has 1 aliphatic carbocycles. The van der Waals surface area contributed by atoms with E-state index < -0.39 is 0 Å². The van der Waals surface area contributed by atoms with Crippen LogP contribution in [0.15, 0.2) is 18.2 Å². The van der Waals surface area contributed by atoms with Gasteiger partial charge in [0.05, 0.1) is 0 Å². The molecule has 1 aliphatic heterocycles. The van der Waals surface area contributed by atoms with Gasteiger partial charge < -0.3 is 10.5 Å². The lowest BCUT2D eigenvalue weighted by molar-refractivity contribution is -0.0845. The molecule has 98 valence electrons. The predicted octanol–water partition coefficient (Wildman–Crippen LogP) is 3.58. The Morgan fingerprint density at radius 1 is 1.28 bits per heavy atom. The van der Waals surface area contributed by atoms with E-state index in [0.29, 0.717) is 0 Å². The molecule has 1 unspecified atom stereocenters. The number of nitrogens with two attached hydrogens (primary N) is 1. The maximum atomic E-state index is 6.34. The van der Waals surface area contributed by atoms with Crippen LogP contribution in [0.3, 0.4) is 0 Å². The molecule has 1 aromatic rings. The first-order valence-electron chi connectivity index (χ1n) is 7.04. The molecule has 0 radical (unpaired) electrons. The van der Waals surface area contributed by atoms with Gasteiger partial charge in [0, 0.05) is 18.0 Å². The van der Waals surface area contributed by atoms with Gasteiger partial charge in [0.15, 0.2) is 0 Å². The summed E-state index contributed by atoms with van der Waals surface area (Å²) in [7, 11) is 0. The number of ether oxygens (including phenoxy) is 1. The minimum absolute atomic E-state index is 0.0383. The van der Waals surface area contributed by atoms with Gasteiger partial charge >= 0.3 is 0 Å². The van der Waals surface area contributed by atoms with Crippen LogP contribution in [0, 0.1) is 18.8 Å². The number of aryl methyl sites for hydroxylation is 1. The third kappa shape index (κ3) is 1.83. The molecule has 0 bridgehead atoms. The Kier molecular flexibility index (Phi) is 2.67. The van der Waals surface area contributed by atoms with Crippen LogP contribution in [0.4, 0.5) is 0 Å². The van der Waals surface area contributed by atoms with E-state index >= 15 is 0 Å². The number of rotatable bonds is 1. The van der Waals surface area contributed by atoms with Crippen molar-refractivity contribution in [3.63, 3.8) is 0 Å². The molecule has 2 nitrogen and oxygen atoms in total. The molecule has 18 heavy (non-hydrogen) atoms. The van der Waals surface area contributed by atoms with Crippen LogP contribution in [0.1, 0.15) is 50.3 Å². The summed E-state index contributed by atoms with van der Waals surface area (Å²) in [5.41, 5.74) is 8.83. The van der Waals surface area contributed by atoms with E-state index in [-0.39, 0.29) is 11.6 Å². The standard InChI is InChI=1S/C16H23NO/c1-10(2)12-7-16(8-12)9-14(17)13-6-11(3)4-5-15(13)18-16/h4-6,10,12,14H,7-9,17H2,1-3H3. The van der Waals surface area contributed by atoms with Gasteiger partial charge in [0.2, 0.25) is 0 Å². The highest BCUT2D eigenvalue weighted by Gasteiger charge is 2.50. The summed E-state index contributed by atoms with van der Waals surface area (Å²) in [6.45, 7) is 6.71. The largest absolute Gasteiger partial charge is 0.487 e. The molecule has 1 heterocycles. The predicted molar refractivity (Wildman–Crippen MR) is 73.6 cm³/mol. The van der Waals surface area contributed by atoms with Gasteiger partial charge in [0.25, 0.3) is 0 Å². The van der Waals surface area contributed by atoms with Crippen molar-refractivity contribution in [1.29, 1.82) is 0 Å². The van der Waals surface area contributed by atoms with Crippen LogP contribution in [0.2, 0.25) is 0 Å². The van der Waals surface area contributed by atoms with Gasteiger partial charge in [-0.05, 0) is 37.7 Å². The first-order chi connectivity index (χ1) is 8.49. The van der Waals surface area contributed by atoms with Crippen molar-refractivity contribution < 1.29 is 4.74 Å². The Balaban J connectivity index is 1.83. The molecule has 1 atom stereocenters. The number of benzene rings is 1. The smallest absolute Gasteiger partial charge is 0.124 e.